The number of nitrogens with two attached hydrogens (primary N) is 1. The van der Waals surface area contributed by atoms with Crippen molar-refractivity contribution in [2.45, 2.75) is 19.3 Å². The summed E-state index contributed by atoms with van der Waals surface area (Å²) in [5.41, 5.74) is 7.97. The van der Waals surface area contributed by atoms with Crippen LogP contribution < -0.4 is 5.73 Å². The van der Waals surface area contributed by atoms with E-state index in [9.17, 15) is 0 Å². The zero-order chi connectivity index (χ0) is 11.5. The van der Waals surface area contributed by atoms with Crippen LogP contribution in [0, 0.1) is 11.3 Å². The third kappa shape index (κ3) is 1.68. The minimum absolute atomic E-state index is 0.00400. The van der Waals surface area contributed by atoms with Gasteiger partial charge in [0.05, 0.1) is 18.0 Å². The molecule has 0 saturated carbocycles. The molecule has 3 N–H and O–H groups in total. The van der Waals surface area contributed by atoms with Crippen molar-refractivity contribution < 1.29 is 5.11 Å². The van der Waals surface area contributed by atoms with E-state index in [-0.39, 0.29) is 12.3 Å². The normalized spacial score (nSPS) is 19.9. The van der Waals surface area contributed by atoms with Crippen molar-refractivity contribution in [2.24, 2.45) is 10.7 Å². The summed E-state index contributed by atoms with van der Waals surface area (Å²) in [6, 6.07) is 1.99. The first-order valence-electron chi connectivity index (χ1n) is 5.34. The molecule has 0 spiro atoms. The van der Waals surface area contributed by atoms with E-state index in [1.807, 2.05) is 6.07 Å². The fourth-order valence-corrected chi connectivity index (χ4v) is 2.01. The predicted octanol–water partition coefficient (Wildman–Crippen LogP) is 0.454. The van der Waals surface area contributed by atoms with Crippen molar-refractivity contribution in [3.05, 3.63) is 23.3 Å². The molecule has 84 valence electrons. The smallest absolute Gasteiger partial charge is 0.181 e. The Balaban J connectivity index is 2.43. The number of rotatable bonds is 2. The van der Waals surface area contributed by atoms with Crippen molar-refractivity contribution >= 4 is 5.71 Å². The van der Waals surface area contributed by atoms with Gasteiger partial charge < -0.3 is 15.7 Å². The van der Waals surface area contributed by atoms with E-state index in [1.165, 1.54) is 0 Å². The minimum atomic E-state index is 0.00400. The fourth-order valence-electron chi connectivity index (χ4n) is 2.01. The molecule has 0 bridgehead atoms. The number of aliphatic hydroxyl groups is 1. The summed E-state index contributed by atoms with van der Waals surface area (Å²) in [4.78, 5) is 6.03. The Morgan fingerprint density at radius 3 is 3.12 bits per heavy atom. The Hall–Kier alpha value is -1.80. The number of hydrogen-bond donors (Lipinski definition) is 2. The van der Waals surface area contributed by atoms with Gasteiger partial charge in [0.15, 0.2) is 5.70 Å². The first-order chi connectivity index (χ1) is 7.77. The molecular weight excluding hydrogens is 204 g/mol. The van der Waals surface area contributed by atoms with Gasteiger partial charge in [0.1, 0.15) is 11.9 Å². The Morgan fingerprint density at radius 1 is 1.62 bits per heavy atom. The topological polar surface area (TPSA) is 85.6 Å². The average Bonchev–Trinajstić information content (AvgIpc) is 2.32. The lowest BCUT2D eigenvalue weighted by Gasteiger charge is -2.32. The molecule has 0 aromatic heterocycles. The molecule has 0 unspecified atom stereocenters. The van der Waals surface area contributed by atoms with Gasteiger partial charge in [-0.15, -0.1) is 0 Å². The van der Waals surface area contributed by atoms with Crippen molar-refractivity contribution in [3.63, 3.8) is 0 Å². The minimum Gasteiger partial charge on any atom is -0.395 e. The van der Waals surface area contributed by atoms with E-state index in [1.54, 1.807) is 4.90 Å². The summed E-state index contributed by atoms with van der Waals surface area (Å²) < 4.78 is 0. The third-order valence-electron chi connectivity index (χ3n) is 2.75. The van der Waals surface area contributed by atoms with Gasteiger partial charge in [-0.25, -0.2) is 4.99 Å². The number of allylic oxidation sites excluding steroid dienone is 3. The van der Waals surface area contributed by atoms with Gasteiger partial charge in [-0.2, -0.15) is 5.26 Å². The number of aliphatic imine (C=N–C) groups is 1. The molecule has 1 aliphatic heterocycles. The Bertz CT molecular complexity index is 428. The van der Waals surface area contributed by atoms with Crippen LogP contribution in [0.4, 0.5) is 0 Å². The summed E-state index contributed by atoms with van der Waals surface area (Å²) >= 11 is 0. The summed E-state index contributed by atoms with van der Waals surface area (Å²) in [6.45, 7) is 0.409. The molecule has 2 rings (SSSR count). The number of hydrogen-bond acceptors (Lipinski definition) is 5. The Labute approximate surface area is 94.2 Å². The Morgan fingerprint density at radius 2 is 2.44 bits per heavy atom. The van der Waals surface area contributed by atoms with Crippen LogP contribution >= 0.6 is 0 Å². The maximum Gasteiger partial charge on any atom is 0.181 e. The van der Waals surface area contributed by atoms with Crippen molar-refractivity contribution in [1.29, 1.82) is 5.26 Å². The van der Waals surface area contributed by atoms with Crippen LogP contribution in [-0.2, 0) is 0 Å². The molecule has 5 nitrogen and oxygen atoms in total. The lowest BCUT2D eigenvalue weighted by molar-refractivity contribution is 0.250. The second-order valence-corrected chi connectivity index (χ2v) is 3.76. The summed E-state index contributed by atoms with van der Waals surface area (Å²) in [5.74, 6) is 0.341. The van der Waals surface area contributed by atoms with Crippen LogP contribution in [0.5, 0.6) is 0 Å². The molecule has 0 radical (unpaired) electrons. The van der Waals surface area contributed by atoms with E-state index < -0.39 is 0 Å². The lowest BCUT2D eigenvalue weighted by atomic mass is 9.99. The maximum absolute atomic E-state index is 9.02. The number of fused-ring (bicyclic) bond motifs is 1. The van der Waals surface area contributed by atoms with E-state index in [0.717, 1.165) is 30.7 Å². The molecule has 2 aliphatic rings. The number of nitrogens with zero attached hydrogens (tertiary/aromatic N) is 3. The van der Waals surface area contributed by atoms with Gasteiger partial charge >= 0.3 is 0 Å². The van der Waals surface area contributed by atoms with Crippen LogP contribution in [-0.4, -0.2) is 28.9 Å². The van der Waals surface area contributed by atoms with E-state index in [4.69, 9.17) is 16.1 Å². The SMILES string of the molecule is N#CC1=C(N)N(CCO)C2=CCCCC2=N1. The van der Waals surface area contributed by atoms with E-state index in [2.05, 4.69) is 11.1 Å². The van der Waals surface area contributed by atoms with Crippen molar-refractivity contribution in [2.75, 3.05) is 13.2 Å². The molecule has 5 heteroatoms. The first-order valence-corrected chi connectivity index (χ1v) is 5.34. The fraction of sp³-hybridized carbons (Fsp3) is 0.455. The maximum atomic E-state index is 9.02. The third-order valence-corrected chi connectivity index (χ3v) is 2.75. The molecule has 16 heavy (non-hydrogen) atoms. The highest BCUT2D eigenvalue weighted by Crippen LogP contribution is 2.27. The molecule has 0 amide bonds. The molecule has 1 aliphatic carbocycles. The number of aliphatic hydroxyl groups excluding tert-OH is 1. The van der Waals surface area contributed by atoms with Gasteiger partial charge in [0.2, 0.25) is 0 Å². The van der Waals surface area contributed by atoms with Gasteiger partial charge in [0, 0.05) is 6.54 Å². The number of β-amino-alcohol motifs (C(OH)–C–C–N with tert-alkyl or cyclic N) is 1. The van der Waals surface area contributed by atoms with Crippen LogP contribution in [0.3, 0.4) is 0 Å². The van der Waals surface area contributed by atoms with Crippen LogP contribution in [0.15, 0.2) is 28.3 Å². The monoisotopic (exact) mass is 218 g/mol. The molecular formula is C11H14N4O. The molecule has 0 aromatic carbocycles. The summed E-state index contributed by atoms with van der Waals surface area (Å²) in [5, 5.41) is 17.9. The van der Waals surface area contributed by atoms with E-state index >= 15 is 0 Å². The highest BCUT2D eigenvalue weighted by molar-refractivity contribution is 6.02. The summed E-state index contributed by atoms with van der Waals surface area (Å²) in [7, 11) is 0. The van der Waals surface area contributed by atoms with Crippen LogP contribution in [0.25, 0.3) is 0 Å². The Kier molecular flexibility index (Phi) is 2.93. The molecule has 0 fully saturated rings. The molecule has 0 aromatic rings. The van der Waals surface area contributed by atoms with Crippen molar-refractivity contribution in [3.8, 4) is 6.07 Å². The standard InChI is InChI=1S/C11H14N4O/c12-7-9-11(13)15(5-6-16)10-4-2-1-3-8(10)14-9/h4,16H,1-3,5-6,13H2. The van der Waals surface area contributed by atoms with Crippen molar-refractivity contribution in [1.82, 2.24) is 4.90 Å². The average molecular weight is 218 g/mol. The summed E-state index contributed by atoms with van der Waals surface area (Å²) in [6.07, 6.45) is 4.98. The zero-order valence-corrected chi connectivity index (χ0v) is 8.98. The second kappa shape index (κ2) is 4.37. The molecule has 0 saturated heterocycles. The van der Waals surface area contributed by atoms with Crippen LogP contribution in [0.2, 0.25) is 0 Å². The number of nitriles is 1. The van der Waals surface area contributed by atoms with Crippen LogP contribution in [0.1, 0.15) is 19.3 Å². The zero-order valence-electron chi connectivity index (χ0n) is 8.98. The van der Waals surface area contributed by atoms with Gasteiger partial charge in [0.25, 0.3) is 0 Å². The van der Waals surface area contributed by atoms with Gasteiger partial charge in [-0.05, 0) is 19.3 Å². The van der Waals surface area contributed by atoms with Gasteiger partial charge in [-0.3, -0.25) is 0 Å². The van der Waals surface area contributed by atoms with Gasteiger partial charge in [-0.1, -0.05) is 6.08 Å². The highest BCUT2D eigenvalue weighted by atomic mass is 16.3. The second-order valence-electron chi connectivity index (χ2n) is 3.76. The van der Waals surface area contributed by atoms with E-state index in [0.29, 0.717) is 12.4 Å². The largest absolute Gasteiger partial charge is 0.395 e. The quantitative estimate of drug-likeness (QED) is 0.704. The highest BCUT2D eigenvalue weighted by Gasteiger charge is 2.26. The predicted molar refractivity (Wildman–Crippen MR) is 60.0 cm³/mol. The lowest BCUT2D eigenvalue weighted by Crippen LogP contribution is -2.37. The molecule has 0 atom stereocenters. The first kappa shape index (κ1) is 10.7. The molecule has 1 heterocycles.